The summed E-state index contributed by atoms with van der Waals surface area (Å²) in [6.07, 6.45) is 10.6. The molecule has 0 rings (SSSR count). The summed E-state index contributed by atoms with van der Waals surface area (Å²) in [4.78, 5) is 23.3. The quantitative estimate of drug-likeness (QED) is 0.359. The van der Waals surface area contributed by atoms with Crippen molar-refractivity contribution in [2.75, 3.05) is 6.54 Å². The number of carbonyl (C=O) groups excluding carboxylic acids is 1. The van der Waals surface area contributed by atoms with Gasteiger partial charge in [-0.15, -0.1) is 0 Å². The molecule has 0 aliphatic rings. The fraction of sp³-hybridized carbons (Fsp3) is 0.895. The summed E-state index contributed by atoms with van der Waals surface area (Å²) >= 11 is 0. The molecule has 0 saturated carbocycles. The molecule has 0 aromatic heterocycles. The van der Waals surface area contributed by atoms with Gasteiger partial charge >= 0.3 is 12.1 Å². The Kier molecular flexibility index (Phi) is 15.3. The molecule has 6 nitrogen and oxygen atoms in total. The Morgan fingerprint density at radius 3 is 2.12 bits per heavy atom. The van der Waals surface area contributed by atoms with Crippen LogP contribution in [0.1, 0.15) is 90.9 Å². The first-order valence-corrected chi connectivity index (χ1v) is 9.95. The third-order valence-corrected chi connectivity index (χ3v) is 4.32. The van der Waals surface area contributed by atoms with E-state index in [0.29, 0.717) is 19.4 Å². The van der Waals surface area contributed by atoms with Crippen molar-refractivity contribution < 1.29 is 19.4 Å². The predicted octanol–water partition coefficient (Wildman–Crippen LogP) is 4.21. The minimum atomic E-state index is -1.03. The molecule has 0 bridgehead atoms. The summed E-state index contributed by atoms with van der Waals surface area (Å²) in [5.74, 6) is -1.03. The molecule has 0 aliphatic carbocycles. The number of hydrogen-bond acceptors (Lipinski definition) is 4. The number of carbonyl (C=O) groups is 2. The summed E-state index contributed by atoms with van der Waals surface area (Å²) in [5, 5.41) is 11.7. The van der Waals surface area contributed by atoms with E-state index in [4.69, 9.17) is 10.5 Å². The van der Waals surface area contributed by atoms with Crippen LogP contribution in [0.2, 0.25) is 0 Å². The van der Waals surface area contributed by atoms with Crippen LogP contribution in [-0.2, 0) is 9.53 Å². The van der Waals surface area contributed by atoms with Gasteiger partial charge in [0.25, 0.3) is 0 Å². The Hall–Kier alpha value is -1.30. The van der Waals surface area contributed by atoms with E-state index in [1.165, 1.54) is 19.3 Å². The molecule has 0 saturated heterocycles. The van der Waals surface area contributed by atoms with Crippen molar-refractivity contribution in [3.8, 4) is 0 Å². The molecule has 25 heavy (non-hydrogen) atoms. The Balaban J connectivity index is 4.32. The number of alkyl carbamates (subject to hydrolysis) is 1. The number of carboxylic acids is 1. The molecule has 0 fully saturated rings. The third kappa shape index (κ3) is 13.6. The molecule has 4 N–H and O–H groups in total. The average molecular weight is 359 g/mol. The summed E-state index contributed by atoms with van der Waals surface area (Å²) < 4.78 is 5.51. The molecule has 0 spiro atoms. The zero-order chi connectivity index (χ0) is 18.9. The summed E-state index contributed by atoms with van der Waals surface area (Å²) in [5.41, 5.74) is 5.42. The van der Waals surface area contributed by atoms with E-state index < -0.39 is 18.1 Å². The van der Waals surface area contributed by atoms with Crippen LogP contribution in [0.4, 0.5) is 4.79 Å². The van der Waals surface area contributed by atoms with Crippen LogP contribution in [0.25, 0.3) is 0 Å². The zero-order valence-electron chi connectivity index (χ0n) is 16.1. The maximum Gasteiger partial charge on any atom is 0.408 e. The highest BCUT2D eigenvalue weighted by molar-refractivity contribution is 5.79. The van der Waals surface area contributed by atoms with Gasteiger partial charge in [0, 0.05) is 0 Å². The standard InChI is InChI=1S/C19H38N2O4/c1-3-5-7-8-9-13-16(12-6-4-2)25-19(24)21-17(18(22)23)14-10-11-15-20/h16-17H,3-15,20H2,1-2H3,(H,21,24)(H,22,23)/t16?,17-/m0/s1. The highest BCUT2D eigenvalue weighted by Crippen LogP contribution is 2.15. The SMILES string of the molecule is CCCCCCCC(CCCC)OC(=O)N[C@@H](CCCCN)C(=O)O. The molecular formula is C19H38N2O4. The molecular weight excluding hydrogens is 320 g/mol. The van der Waals surface area contributed by atoms with Crippen LogP contribution in [0.5, 0.6) is 0 Å². The van der Waals surface area contributed by atoms with Gasteiger partial charge in [-0.1, -0.05) is 52.4 Å². The van der Waals surface area contributed by atoms with Crippen molar-refractivity contribution in [2.45, 2.75) is 103 Å². The molecule has 148 valence electrons. The highest BCUT2D eigenvalue weighted by atomic mass is 16.6. The molecule has 6 heteroatoms. The number of nitrogens with one attached hydrogen (secondary N) is 1. The lowest BCUT2D eigenvalue weighted by Gasteiger charge is -2.20. The molecule has 1 unspecified atom stereocenters. The lowest BCUT2D eigenvalue weighted by Crippen LogP contribution is -2.42. The van der Waals surface area contributed by atoms with Crippen molar-refractivity contribution in [1.29, 1.82) is 0 Å². The Morgan fingerprint density at radius 1 is 0.920 bits per heavy atom. The van der Waals surface area contributed by atoms with Gasteiger partial charge in [0.2, 0.25) is 0 Å². The highest BCUT2D eigenvalue weighted by Gasteiger charge is 2.22. The average Bonchev–Trinajstić information content (AvgIpc) is 2.58. The third-order valence-electron chi connectivity index (χ3n) is 4.32. The van der Waals surface area contributed by atoms with Gasteiger partial charge < -0.3 is 20.9 Å². The molecule has 0 heterocycles. The first-order chi connectivity index (χ1) is 12.0. The Labute approximate surface area is 152 Å². The van der Waals surface area contributed by atoms with Crippen LogP contribution in [0.3, 0.4) is 0 Å². The Bertz CT molecular complexity index is 350. The van der Waals surface area contributed by atoms with Crippen molar-refractivity contribution in [3.63, 3.8) is 0 Å². The maximum atomic E-state index is 12.1. The van der Waals surface area contributed by atoms with E-state index in [9.17, 15) is 14.7 Å². The first-order valence-electron chi connectivity index (χ1n) is 9.95. The van der Waals surface area contributed by atoms with E-state index in [1.807, 2.05) is 0 Å². The maximum absolute atomic E-state index is 12.1. The number of hydrogen-bond donors (Lipinski definition) is 3. The van der Waals surface area contributed by atoms with Gasteiger partial charge in [-0.05, 0) is 45.1 Å². The van der Waals surface area contributed by atoms with Gasteiger partial charge in [-0.25, -0.2) is 9.59 Å². The number of rotatable bonds is 16. The normalized spacial score (nSPS) is 13.2. The molecule has 0 aromatic rings. The van der Waals surface area contributed by atoms with Crippen molar-refractivity contribution in [2.24, 2.45) is 5.73 Å². The summed E-state index contributed by atoms with van der Waals surface area (Å²) in [6, 6.07) is -0.907. The second-order valence-corrected chi connectivity index (χ2v) is 6.69. The smallest absolute Gasteiger partial charge is 0.408 e. The molecule has 1 amide bonds. The predicted molar refractivity (Wildman–Crippen MR) is 101 cm³/mol. The number of ether oxygens (including phenoxy) is 1. The number of carboxylic acid groups (broad SMARTS) is 1. The lowest BCUT2D eigenvalue weighted by atomic mass is 10.0. The van der Waals surface area contributed by atoms with Crippen LogP contribution in [0.15, 0.2) is 0 Å². The van der Waals surface area contributed by atoms with Crippen LogP contribution in [0, 0.1) is 0 Å². The minimum absolute atomic E-state index is 0.125. The van der Waals surface area contributed by atoms with E-state index in [0.717, 1.165) is 44.9 Å². The zero-order valence-corrected chi connectivity index (χ0v) is 16.1. The van der Waals surface area contributed by atoms with E-state index in [2.05, 4.69) is 19.2 Å². The Morgan fingerprint density at radius 2 is 1.52 bits per heavy atom. The van der Waals surface area contributed by atoms with E-state index in [1.54, 1.807) is 0 Å². The monoisotopic (exact) mass is 358 g/mol. The van der Waals surface area contributed by atoms with Gasteiger partial charge in [-0.3, -0.25) is 0 Å². The van der Waals surface area contributed by atoms with E-state index in [-0.39, 0.29) is 6.10 Å². The largest absolute Gasteiger partial charge is 0.480 e. The van der Waals surface area contributed by atoms with Crippen LogP contribution >= 0.6 is 0 Å². The number of nitrogens with two attached hydrogens (primary N) is 1. The lowest BCUT2D eigenvalue weighted by molar-refractivity contribution is -0.139. The van der Waals surface area contributed by atoms with Gasteiger partial charge in [0.1, 0.15) is 12.1 Å². The molecule has 0 aromatic carbocycles. The fourth-order valence-electron chi connectivity index (χ4n) is 2.75. The number of unbranched alkanes of at least 4 members (excludes halogenated alkanes) is 6. The van der Waals surface area contributed by atoms with Crippen molar-refractivity contribution in [1.82, 2.24) is 5.32 Å². The van der Waals surface area contributed by atoms with Crippen LogP contribution < -0.4 is 11.1 Å². The molecule has 0 aliphatic heterocycles. The van der Waals surface area contributed by atoms with Crippen molar-refractivity contribution >= 4 is 12.1 Å². The summed E-state index contributed by atoms with van der Waals surface area (Å²) in [6.45, 7) is 4.81. The van der Waals surface area contributed by atoms with Gasteiger partial charge in [0.05, 0.1) is 0 Å². The van der Waals surface area contributed by atoms with E-state index >= 15 is 0 Å². The number of amides is 1. The van der Waals surface area contributed by atoms with Crippen LogP contribution in [-0.4, -0.2) is 35.9 Å². The van der Waals surface area contributed by atoms with Gasteiger partial charge in [-0.2, -0.15) is 0 Å². The molecule has 2 atom stereocenters. The minimum Gasteiger partial charge on any atom is -0.480 e. The fourth-order valence-corrected chi connectivity index (χ4v) is 2.75. The first kappa shape index (κ1) is 23.7. The number of aliphatic carboxylic acids is 1. The topological polar surface area (TPSA) is 102 Å². The second kappa shape index (κ2) is 16.2. The summed E-state index contributed by atoms with van der Waals surface area (Å²) in [7, 11) is 0. The molecule has 0 radical (unpaired) electrons. The second-order valence-electron chi connectivity index (χ2n) is 6.69. The van der Waals surface area contributed by atoms with Crippen molar-refractivity contribution in [3.05, 3.63) is 0 Å². The van der Waals surface area contributed by atoms with Gasteiger partial charge in [0.15, 0.2) is 0 Å².